The molecule has 4 aliphatic carbocycles. The van der Waals surface area contributed by atoms with E-state index in [1.165, 1.54) is 35.3 Å². The van der Waals surface area contributed by atoms with Crippen molar-refractivity contribution in [3.05, 3.63) is 122 Å². The van der Waals surface area contributed by atoms with Crippen molar-refractivity contribution >= 4 is 132 Å². The summed E-state index contributed by atoms with van der Waals surface area (Å²) < 4.78 is 24.5. The molecule has 4 heterocycles. The number of thioether (sulfide) groups is 4. The van der Waals surface area contributed by atoms with Gasteiger partial charge in [-0.05, 0) is 188 Å². The first-order valence-electron chi connectivity index (χ1n) is 31.1. The number of fused-ring (bicyclic) bond motifs is 4. The predicted octanol–water partition coefficient (Wildman–Crippen LogP) is 11.4. The molecule has 22 nitrogen and oxygen atoms in total. The molecule has 0 saturated heterocycles. The number of aromatic hydroxyl groups is 1. The van der Waals surface area contributed by atoms with Crippen LogP contribution >= 0.6 is 47.0 Å². The summed E-state index contributed by atoms with van der Waals surface area (Å²) in [5, 5.41) is 39.7. The van der Waals surface area contributed by atoms with Crippen molar-refractivity contribution in [2.75, 3.05) is 54.2 Å². The molecule has 4 aliphatic rings. The summed E-state index contributed by atoms with van der Waals surface area (Å²) in [5.74, 6) is -0.526. The van der Waals surface area contributed by atoms with Gasteiger partial charge in [0.25, 0.3) is 17.7 Å². The highest BCUT2D eigenvalue weighted by Crippen LogP contribution is 2.53. The van der Waals surface area contributed by atoms with Crippen LogP contribution in [0.15, 0.2) is 141 Å². The standard InChI is InChI=1S/C19H22N2O4S.2C17H18N2O4S.C16H17NO3S/c1-3-24-18(23)19(8-4-9-19)26-16-7-10-21-15-6-5-13(11-14(15)16)25-12-17(22)20-2;2*1-18-15(20)10-23-11-3-4-13-12(9-11)14(5-8-19-13)24-17(16(21)22)6-2-7-17;1-2-20-15(19)16(7-3-8-16)21-14-6-9-17-13-5-4-11(18)10-12(13)14/h5-7,10-11H,3-4,8-9,12H2,1-2H3,(H,20,22);2*3-5,8-9H,2,6-7,10H2,1H3,(H,18,20)(H,21,22);4-6,9-10,18H,2-3,7-8H2,1H3. The third kappa shape index (κ3) is 17.1. The van der Waals surface area contributed by atoms with Gasteiger partial charge in [0.1, 0.15) is 42.0 Å². The lowest BCUT2D eigenvalue weighted by Gasteiger charge is -2.38. The number of hydrogen-bond acceptors (Lipinski definition) is 21. The SMILES string of the molecule is CCOC(=O)C1(Sc2ccnc3ccc(O)cc23)CCC1.CCOC(=O)C1(Sc2ccnc3ccc(OCC(=O)NC)cc23)CCC1.CNC(=O)COc1ccc2nccc(SC3(C(=O)O)CCC3)c2c1.CNC(=O)COc1ccc2nccc(SC3(C(=O)O)CCC3)c2c1. The molecule has 4 aromatic carbocycles. The molecule has 0 bridgehead atoms. The number of nitrogens with one attached hydrogen (secondary N) is 3. The Morgan fingerprint density at radius 1 is 0.411 bits per heavy atom. The number of hydrogen-bond donors (Lipinski definition) is 6. The molecular formula is C69H75N7O15S4. The highest BCUT2D eigenvalue weighted by atomic mass is 32.2. The van der Waals surface area contributed by atoms with E-state index < -0.39 is 30.9 Å². The monoisotopic (exact) mass is 1370 g/mol. The lowest BCUT2D eigenvalue weighted by atomic mass is 9.84. The van der Waals surface area contributed by atoms with Gasteiger partial charge in [0.15, 0.2) is 19.8 Å². The van der Waals surface area contributed by atoms with E-state index in [0.29, 0.717) is 56.1 Å². The molecule has 3 amide bonds. The van der Waals surface area contributed by atoms with E-state index in [1.54, 1.807) is 94.1 Å². The fraction of sp³-hybridized carbons (Fsp3) is 0.377. The minimum absolute atomic E-state index is 0.0441. The second kappa shape index (κ2) is 32.2. The van der Waals surface area contributed by atoms with Crippen LogP contribution < -0.4 is 30.2 Å². The maximum absolute atomic E-state index is 12.4. The number of benzene rings is 4. The van der Waals surface area contributed by atoms with Crippen LogP contribution in [0, 0.1) is 0 Å². The summed E-state index contributed by atoms with van der Waals surface area (Å²) in [6, 6.07) is 28.8. The molecular weight excluding hydrogens is 1300 g/mol. The summed E-state index contributed by atoms with van der Waals surface area (Å²) in [7, 11) is 4.67. The van der Waals surface area contributed by atoms with Crippen molar-refractivity contribution in [3.8, 4) is 23.0 Å². The van der Waals surface area contributed by atoms with Crippen molar-refractivity contribution in [1.29, 1.82) is 0 Å². The van der Waals surface area contributed by atoms with Crippen LogP contribution in [0.2, 0.25) is 0 Å². The Morgan fingerprint density at radius 3 is 0.937 bits per heavy atom. The van der Waals surface area contributed by atoms with Crippen LogP contribution in [0.25, 0.3) is 43.6 Å². The Morgan fingerprint density at radius 2 is 0.684 bits per heavy atom. The van der Waals surface area contributed by atoms with E-state index in [-0.39, 0.29) is 55.2 Å². The summed E-state index contributed by atoms with van der Waals surface area (Å²) >= 11 is 5.84. The number of phenols is 1. The van der Waals surface area contributed by atoms with E-state index in [2.05, 4.69) is 35.9 Å². The minimum atomic E-state index is -0.768. The number of carbonyl (C=O) groups is 7. The molecule has 95 heavy (non-hydrogen) atoms. The van der Waals surface area contributed by atoms with Crippen LogP contribution in [0.4, 0.5) is 0 Å². The Labute approximate surface area is 565 Å². The number of carboxylic acids is 2. The smallest absolute Gasteiger partial charge is 0.322 e. The van der Waals surface area contributed by atoms with Gasteiger partial charge in [-0.25, -0.2) is 0 Å². The molecule has 6 N–H and O–H groups in total. The van der Waals surface area contributed by atoms with E-state index in [1.807, 2.05) is 74.5 Å². The second-order valence-electron chi connectivity index (χ2n) is 22.7. The molecule has 0 radical (unpaired) electrons. The van der Waals surface area contributed by atoms with Crippen molar-refractivity contribution < 1.29 is 72.6 Å². The fourth-order valence-electron chi connectivity index (χ4n) is 10.5. The van der Waals surface area contributed by atoms with Crippen LogP contribution in [0.1, 0.15) is 90.9 Å². The Balaban J connectivity index is 0.000000149. The number of rotatable bonds is 23. The molecule has 0 aliphatic heterocycles. The van der Waals surface area contributed by atoms with Gasteiger partial charge in [-0.3, -0.25) is 53.5 Å². The summed E-state index contributed by atoms with van der Waals surface area (Å²) in [6.07, 6.45) is 16.8. The fourth-order valence-corrected chi connectivity index (χ4v) is 16.2. The lowest BCUT2D eigenvalue weighted by Crippen LogP contribution is -2.43. The zero-order valence-corrected chi connectivity index (χ0v) is 56.5. The van der Waals surface area contributed by atoms with Gasteiger partial charge in [-0.1, -0.05) is 0 Å². The number of carboxylic acid groups (broad SMARTS) is 2. The average Bonchev–Trinajstić information content (AvgIpc) is 0.795. The summed E-state index contributed by atoms with van der Waals surface area (Å²) in [5.41, 5.74) is 3.18. The van der Waals surface area contributed by atoms with Gasteiger partial charge in [-0.15, -0.1) is 47.0 Å². The molecule has 12 rings (SSSR count). The predicted molar refractivity (Wildman–Crippen MR) is 366 cm³/mol. The topological polar surface area (TPSA) is 314 Å². The number of aliphatic carboxylic acids is 2. The molecule has 4 saturated carbocycles. The average molecular weight is 1370 g/mol. The van der Waals surface area contributed by atoms with E-state index >= 15 is 0 Å². The third-order valence-corrected chi connectivity index (χ3v) is 22.8. The third-order valence-electron chi connectivity index (χ3n) is 16.6. The number of aromatic nitrogens is 4. The first kappa shape index (κ1) is 70.7. The van der Waals surface area contributed by atoms with E-state index in [9.17, 15) is 48.9 Å². The van der Waals surface area contributed by atoms with Crippen molar-refractivity contribution in [2.24, 2.45) is 0 Å². The summed E-state index contributed by atoms with van der Waals surface area (Å²) in [6.45, 7) is 4.27. The van der Waals surface area contributed by atoms with Gasteiger partial charge < -0.3 is 55.0 Å². The second-order valence-corrected chi connectivity index (χ2v) is 28.4. The molecule has 0 unspecified atom stereocenters. The van der Waals surface area contributed by atoms with Gasteiger partial charge >= 0.3 is 23.9 Å². The largest absolute Gasteiger partial charge is 0.508 e. The molecule has 8 aromatic rings. The van der Waals surface area contributed by atoms with Crippen LogP contribution in [-0.2, 0) is 43.0 Å². The molecule has 500 valence electrons. The Bertz CT molecular complexity index is 3990. The number of carbonyl (C=O) groups excluding carboxylic acids is 5. The van der Waals surface area contributed by atoms with E-state index in [0.717, 1.165) is 115 Å². The van der Waals surface area contributed by atoms with Crippen molar-refractivity contribution in [3.63, 3.8) is 0 Å². The first-order valence-corrected chi connectivity index (χ1v) is 34.4. The van der Waals surface area contributed by atoms with Gasteiger partial charge in [0, 0.05) is 87.1 Å². The zero-order chi connectivity index (χ0) is 67.8. The molecule has 4 aromatic heterocycles. The number of likely N-dealkylation sites (N-methyl/N-ethyl adjacent to an activating group) is 3. The van der Waals surface area contributed by atoms with Crippen LogP contribution in [0.3, 0.4) is 0 Å². The number of nitrogens with zero attached hydrogens (tertiary/aromatic N) is 4. The normalized spacial score (nSPS) is 15.6. The van der Waals surface area contributed by atoms with Gasteiger partial charge in [0.05, 0.1) is 35.3 Å². The van der Waals surface area contributed by atoms with Gasteiger partial charge in [0.2, 0.25) is 0 Å². The number of ether oxygens (including phenoxy) is 5. The van der Waals surface area contributed by atoms with E-state index in [4.69, 9.17) is 23.7 Å². The number of phenolic OH excluding ortho intramolecular Hbond substituents is 1. The first-order chi connectivity index (χ1) is 45.8. The highest BCUT2D eigenvalue weighted by molar-refractivity contribution is 8.02. The number of pyridine rings is 4. The van der Waals surface area contributed by atoms with Crippen molar-refractivity contribution in [1.82, 2.24) is 35.9 Å². The minimum Gasteiger partial charge on any atom is -0.508 e. The molecule has 4 fully saturated rings. The maximum Gasteiger partial charge on any atom is 0.322 e. The van der Waals surface area contributed by atoms with Crippen molar-refractivity contribution in [2.45, 2.75) is 129 Å². The van der Waals surface area contributed by atoms with Crippen LogP contribution in [0.5, 0.6) is 23.0 Å². The number of esters is 2. The Hall–Kier alpha value is -8.59. The Kier molecular flexibility index (Phi) is 24.0. The summed E-state index contributed by atoms with van der Waals surface area (Å²) in [4.78, 5) is 103. The zero-order valence-electron chi connectivity index (χ0n) is 53.2. The van der Waals surface area contributed by atoms with Crippen LogP contribution in [-0.4, -0.2) is 150 Å². The molecule has 0 spiro atoms. The maximum atomic E-state index is 12.4. The number of amides is 3. The van der Waals surface area contributed by atoms with Gasteiger partial charge in [-0.2, -0.15) is 0 Å². The quantitative estimate of drug-likeness (QED) is 0.0324. The molecule has 0 atom stereocenters. The lowest BCUT2D eigenvalue weighted by molar-refractivity contribution is -0.149. The molecule has 26 heteroatoms. The highest BCUT2D eigenvalue weighted by Gasteiger charge is 2.49.